The van der Waals surface area contributed by atoms with Gasteiger partial charge in [0.25, 0.3) is 5.91 Å². The molecule has 1 N–H and O–H groups in total. The number of aryl methyl sites for hydroxylation is 1. The molecule has 0 aliphatic carbocycles. The van der Waals surface area contributed by atoms with Crippen LogP contribution in [0.3, 0.4) is 0 Å². The third-order valence-electron chi connectivity index (χ3n) is 3.91. The van der Waals surface area contributed by atoms with Crippen molar-refractivity contribution >= 4 is 16.9 Å². The Kier molecular flexibility index (Phi) is 4.93. The van der Waals surface area contributed by atoms with Crippen LogP contribution in [-0.2, 0) is 0 Å². The van der Waals surface area contributed by atoms with E-state index in [-0.39, 0.29) is 17.7 Å². The summed E-state index contributed by atoms with van der Waals surface area (Å²) in [5.74, 6) is 1.39. The number of carbonyl (C=O) groups excluding carboxylic acids is 1. The zero-order chi connectivity index (χ0) is 17.8. The molecule has 3 aromatic rings. The van der Waals surface area contributed by atoms with E-state index in [1.807, 2.05) is 50.2 Å². The Hall–Kier alpha value is -2.95. The highest BCUT2D eigenvalue weighted by atomic mass is 16.5. The number of methoxy groups -OCH3 is 1. The molecule has 0 unspecified atom stereocenters. The Labute approximate surface area is 146 Å². The Balaban J connectivity index is 1.64. The van der Waals surface area contributed by atoms with Gasteiger partial charge in [0.2, 0.25) is 0 Å². The van der Waals surface area contributed by atoms with Crippen molar-refractivity contribution in [3.63, 3.8) is 0 Å². The Morgan fingerprint density at radius 3 is 2.68 bits per heavy atom. The molecule has 0 fully saturated rings. The van der Waals surface area contributed by atoms with Crippen LogP contribution in [0.1, 0.15) is 23.0 Å². The first-order valence-corrected chi connectivity index (χ1v) is 8.14. The molecule has 0 bridgehead atoms. The summed E-state index contributed by atoms with van der Waals surface area (Å²) < 4.78 is 16.7. The number of fused-ring (bicyclic) bond motifs is 1. The SMILES string of the molecule is COc1cccc2cc(C(=O)N[C@H](C)COc3ccccc3C)oc12. The zero-order valence-electron chi connectivity index (χ0n) is 14.5. The smallest absolute Gasteiger partial charge is 0.287 e. The van der Waals surface area contributed by atoms with Crippen LogP contribution in [-0.4, -0.2) is 25.7 Å². The molecule has 1 amide bonds. The molecule has 0 aliphatic rings. The van der Waals surface area contributed by atoms with Gasteiger partial charge in [0.15, 0.2) is 17.1 Å². The maximum atomic E-state index is 12.4. The highest BCUT2D eigenvalue weighted by molar-refractivity contribution is 5.97. The second-order valence-electron chi connectivity index (χ2n) is 5.94. The van der Waals surface area contributed by atoms with Crippen molar-refractivity contribution in [3.8, 4) is 11.5 Å². The van der Waals surface area contributed by atoms with Crippen LogP contribution in [0.25, 0.3) is 11.0 Å². The van der Waals surface area contributed by atoms with Gasteiger partial charge in [-0.2, -0.15) is 0 Å². The summed E-state index contributed by atoms with van der Waals surface area (Å²) >= 11 is 0. The molecule has 0 aliphatic heterocycles. The number of rotatable bonds is 6. The van der Waals surface area contributed by atoms with Crippen LogP contribution in [0.5, 0.6) is 11.5 Å². The van der Waals surface area contributed by atoms with Gasteiger partial charge in [0.1, 0.15) is 12.4 Å². The molecular weight excluding hydrogens is 318 g/mol. The summed E-state index contributed by atoms with van der Waals surface area (Å²) in [4.78, 5) is 12.4. The van der Waals surface area contributed by atoms with Gasteiger partial charge in [0.05, 0.1) is 13.2 Å². The lowest BCUT2D eigenvalue weighted by Crippen LogP contribution is -2.36. The minimum absolute atomic E-state index is 0.165. The molecule has 5 heteroatoms. The van der Waals surface area contributed by atoms with Gasteiger partial charge in [-0.05, 0) is 37.6 Å². The van der Waals surface area contributed by atoms with Crippen molar-refractivity contribution < 1.29 is 18.7 Å². The van der Waals surface area contributed by atoms with Gasteiger partial charge in [0, 0.05) is 5.39 Å². The second-order valence-corrected chi connectivity index (χ2v) is 5.94. The van der Waals surface area contributed by atoms with Crippen LogP contribution in [0, 0.1) is 6.92 Å². The number of carbonyl (C=O) groups is 1. The number of para-hydroxylation sites is 2. The molecule has 0 radical (unpaired) electrons. The fourth-order valence-corrected chi connectivity index (χ4v) is 2.58. The van der Waals surface area contributed by atoms with Gasteiger partial charge in [-0.25, -0.2) is 0 Å². The summed E-state index contributed by atoms with van der Waals surface area (Å²) in [6.07, 6.45) is 0. The summed E-state index contributed by atoms with van der Waals surface area (Å²) in [7, 11) is 1.57. The Bertz CT molecular complexity index is 884. The maximum absolute atomic E-state index is 12.4. The molecular formula is C20H21NO4. The van der Waals surface area contributed by atoms with Crippen LogP contribution < -0.4 is 14.8 Å². The highest BCUT2D eigenvalue weighted by Gasteiger charge is 2.17. The first-order valence-electron chi connectivity index (χ1n) is 8.14. The Morgan fingerprint density at radius 1 is 1.16 bits per heavy atom. The predicted octanol–water partition coefficient (Wildman–Crippen LogP) is 3.95. The van der Waals surface area contributed by atoms with Crippen molar-refractivity contribution in [2.75, 3.05) is 13.7 Å². The first kappa shape index (κ1) is 16.9. The lowest BCUT2D eigenvalue weighted by Gasteiger charge is -2.15. The average molecular weight is 339 g/mol. The average Bonchev–Trinajstić information content (AvgIpc) is 3.05. The topological polar surface area (TPSA) is 60.7 Å². The lowest BCUT2D eigenvalue weighted by molar-refractivity contribution is 0.0900. The van der Waals surface area contributed by atoms with Crippen LogP contribution in [0.2, 0.25) is 0 Å². The fourth-order valence-electron chi connectivity index (χ4n) is 2.58. The van der Waals surface area contributed by atoms with Gasteiger partial charge >= 0.3 is 0 Å². The molecule has 2 aromatic carbocycles. The minimum atomic E-state index is -0.279. The van der Waals surface area contributed by atoms with Crippen molar-refractivity contribution in [1.82, 2.24) is 5.32 Å². The van der Waals surface area contributed by atoms with E-state index in [0.717, 1.165) is 16.7 Å². The summed E-state index contributed by atoms with van der Waals surface area (Å²) in [6, 6.07) is 14.9. The van der Waals surface area contributed by atoms with Crippen molar-refractivity contribution in [3.05, 3.63) is 59.9 Å². The lowest BCUT2D eigenvalue weighted by atomic mass is 10.2. The van der Waals surface area contributed by atoms with Crippen molar-refractivity contribution in [2.24, 2.45) is 0 Å². The number of hydrogen-bond acceptors (Lipinski definition) is 4. The number of ether oxygens (including phenoxy) is 2. The minimum Gasteiger partial charge on any atom is -0.493 e. The molecule has 1 aromatic heterocycles. The van der Waals surface area contributed by atoms with E-state index in [9.17, 15) is 4.79 Å². The molecule has 0 saturated carbocycles. The third-order valence-corrected chi connectivity index (χ3v) is 3.91. The van der Waals surface area contributed by atoms with E-state index in [4.69, 9.17) is 13.9 Å². The molecule has 130 valence electrons. The molecule has 1 atom stereocenters. The molecule has 3 rings (SSSR count). The van der Waals surface area contributed by atoms with Gasteiger partial charge < -0.3 is 19.2 Å². The monoisotopic (exact) mass is 339 g/mol. The fraction of sp³-hybridized carbons (Fsp3) is 0.250. The molecule has 1 heterocycles. The van der Waals surface area contributed by atoms with Gasteiger partial charge in [-0.1, -0.05) is 30.3 Å². The normalized spacial score (nSPS) is 12.0. The summed E-state index contributed by atoms with van der Waals surface area (Å²) in [6.45, 7) is 4.25. The van der Waals surface area contributed by atoms with Crippen LogP contribution in [0.15, 0.2) is 52.9 Å². The molecule has 25 heavy (non-hydrogen) atoms. The number of amides is 1. The Morgan fingerprint density at radius 2 is 1.92 bits per heavy atom. The van der Waals surface area contributed by atoms with Crippen LogP contribution >= 0.6 is 0 Å². The van der Waals surface area contributed by atoms with E-state index in [0.29, 0.717) is 17.9 Å². The van der Waals surface area contributed by atoms with Crippen LogP contribution in [0.4, 0.5) is 0 Å². The van der Waals surface area contributed by atoms with Gasteiger partial charge in [-0.15, -0.1) is 0 Å². The second kappa shape index (κ2) is 7.30. The number of benzene rings is 2. The summed E-state index contributed by atoms with van der Waals surface area (Å²) in [5.41, 5.74) is 1.63. The van der Waals surface area contributed by atoms with E-state index in [2.05, 4.69) is 5.32 Å². The highest BCUT2D eigenvalue weighted by Crippen LogP contribution is 2.28. The predicted molar refractivity (Wildman–Crippen MR) is 96.4 cm³/mol. The standard InChI is InChI=1S/C20H21NO4/c1-13-7-4-5-9-16(13)24-12-14(2)21-20(22)18-11-15-8-6-10-17(23-3)19(15)25-18/h4-11,14H,12H2,1-3H3,(H,21,22)/t14-/m1/s1. The van der Waals surface area contributed by atoms with E-state index in [1.165, 1.54) is 0 Å². The van der Waals surface area contributed by atoms with E-state index in [1.54, 1.807) is 19.2 Å². The molecule has 5 nitrogen and oxygen atoms in total. The maximum Gasteiger partial charge on any atom is 0.287 e. The number of nitrogens with one attached hydrogen (secondary N) is 1. The first-order chi connectivity index (χ1) is 12.1. The third kappa shape index (κ3) is 3.76. The van der Waals surface area contributed by atoms with Crippen molar-refractivity contribution in [1.29, 1.82) is 0 Å². The van der Waals surface area contributed by atoms with E-state index < -0.39 is 0 Å². The van der Waals surface area contributed by atoms with Crippen molar-refractivity contribution in [2.45, 2.75) is 19.9 Å². The summed E-state index contributed by atoms with van der Waals surface area (Å²) in [5, 5.41) is 3.71. The van der Waals surface area contributed by atoms with E-state index >= 15 is 0 Å². The quantitative estimate of drug-likeness (QED) is 0.739. The molecule has 0 saturated heterocycles. The van der Waals surface area contributed by atoms with Gasteiger partial charge in [-0.3, -0.25) is 4.79 Å². The largest absolute Gasteiger partial charge is 0.493 e. The number of furan rings is 1. The molecule has 0 spiro atoms. The zero-order valence-corrected chi connectivity index (χ0v) is 14.5. The number of hydrogen-bond donors (Lipinski definition) is 1.